The quantitative estimate of drug-likeness (QED) is 0.800. The van der Waals surface area contributed by atoms with Gasteiger partial charge in [0.1, 0.15) is 0 Å². The molecule has 2 amide bonds. The van der Waals surface area contributed by atoms with Crippen LogP contribution in [0.3, 0.4) is 0 Å². The monoisotopic (exact) mass is 373 g/mol. The minimum absolute atomic E-state index is 0.0396. The van der Waals surface area contributed by atoms with Gasteiger partial charge in [-0.15, -0.1) is 0 Å². The van der Waals surface area contributed by atoms with Gasteiger partial charge in [-0.05, 0) is 63.4 Å². The molecule has 2 heterocycles. The molecule has 2 aliphatic rings. The molecule has 3 unspecified atom stereocenters. The molecule has 6 heteroatoms. The first kappa shape index (κ1) is 19.8. The van der Waals surface area contributed by atoms with Crippen LogP contribution in [0, 0.1) is 5.92 Å². The Kier molecular flexibility index (Phi) is 6.85. The summed E-state index contributed by atoms with van der Waals surface area (Å²) in [4.78, 5) is 26.5. The Balaban J connectivity index is 1.45. The van der Waals surface area contributed by atoms with Crippen molar-refractivity contribution in [2.45, 2.75) is 51.9 Å². The van der Waals surface area contributed by atoms with Crippen LogP contribution < -0.4 is 10.6 Å². The average Bonchev–Trinajstić information content (AvgIpc) is 3.17. The van der Waals surface area contributed by atoms with Gasteiger partial charge in [0.05, 0.1) is 12.2 Å². The molecule has 2 saturated heterocycles. The van der Waals surface area contributed by atoms with E-state index in [1.165, 1.54) is 6.42 Å². The van der Waals surface area contributed by atoms with E-state index in [1.807, 2.05) is 43.0 Å². The summed E-state index contributed by atoms with van der Waals surface area (Å²) in [5.41, 5.74) is 1.69. The molecule has 1 aromatic carbocycles. The lowest BCUT2D eigenvalue weighted by atomic mass is 10.0. The summed E-state index contributed by atoms with van der Waals surface area (Å²) in [5, 5.41) is 6.30. The van der Waals surface area contributed by atoms with E-state index in [9.17, 15) is 9.59 Å². The number of nitrogens with zero attached hydrogens (tertiary/aromatic N) is 1. The van der Waals surface area contributed by atoms with Crippen molar-refractivity contribution in [1.82, 2.24) is 15.5 Å². The maximum absolute atomic E-state index is 12.7. The van der Waals surface area contributed by atoms with Crippen LogP contribution in [0.25, 0.3) is 0 Å². The van der Waals surface area contributed by atoms with Crippen molar-refractivity contribution in [3.05, 3.63) is 35.4 Å². The molecule has 6 nitrogen and oxygen atoms in total. The third-order valence-electron chi connectivity index (χ3n) is 5.34. The van der Waals surface area contributed by atoms with Gasteiger partial charge in [-0.2, -0.15) is 0 Å². The Morgan fingerprint density at radius 2 is 1.89 bits per heavy atom. The van der Waals surface area contributed by atoms with E-state index in [1.54, 1.807) is 0 Å². The van der Waals surface area contributed by atoms with E-state index in [-0.39, 0.29) is 24.0 Å². The number of carbonyl (C=O) groups excluding carboxylic acids is 2. The molecule has 2 aliphatic heterocycles. The standard InChI is InChI=1S/C21H31N3O3/c1-15-13-24(14-16(2)27-15)21(26)19-6-3-17(4-7-19)12-23-20(25)8-5-18-9-10-22-11-18/h3-4,6-7,15-16,18,22H,5,8-14H2,1-2H3,(H,23,25). The Morgan fingerprint density at radius 1 is 1.19 bits per heavy atom. The van der Waals surface area contributed by atoms with E-state index in [2.05, 4.69) is 10.6 Å². The smallest absolute Gasteiger partial charge is 0.254 e. The third kappa shape index (κ3) is 5.78. The normalized spacial score (nSPS) is 25.4. The van der Waals surface area contributed by atoms with Gasteiger partial charge in [-0.1, -0.05) is 12.1 Å². The second kappa shape index (κ2) is 9.33. The highest BCUT2D eigenvalue weighted by Crippen LogP contribution is 2.16. The van der Waals surface area contributed by atoms with Crippen LogP contribution in [0.4, 0.5) is 0 Å². The van der Waals surface area contributed by atoms with Crippen LogP contribution in [0.5, 0.6) is 0 Å². The molecular formula is C21H31N3O3. The molecule has 0 radical (unpaired) electrons. The molecule has 0 saturated carbocycles. The first-order chi connectivity index (χ1) is 13.0. The molecule has 27 heavy (non-hydrogen) atoms. The Hall–Kier alpha value is -1.92. The number of rotatable bonds is 6. The van der Waals surface area contributed by atoms with Gasteiger partial charge in [0.15, 0.2) is 0 Å². The molecule has 0 bridgehead atoms. The first-order valence-electron chi connectivity index (χ1n) is 10.0. The van der Waals surface area contributed by atoms with E-state index < -0.39 is 0 Å². The zero-order valence-electron chi connectivity index (χ0n) is 16.4. The summed E-state index contributed by atoms with van der Waals surface area (Å²) < 4.78 is 5.69. The van der Waals surface area contributed by atoms with Crippen molar-refractivity contribution in [2.24, 2.45) is 5.92 Å². The SMILES string of the molecule is CC1CN(C(=O)c2ccc(CNC(=O)CCC3CCNC3)cc2)CC(C)O1. The minimum atomic E-state index is 0.0396. The molecule has 3 rings (SSSR count). The lowest BCUT2D eigenvalue weighted by Crippen LogP contribution is -2.48. The van der Waals surface area contributed by atoms with E-state index in [4.69, 9.17) is 4.74 Å². The van der Waals surface area contributed by atoms with Crippen LogP contribution >= 0.6 is 0 Å². The number of hydrogen-bond donors (Lipinski definition) is 2. The largest absolute Gasteiger partial charge is 0.372 e. The van der Waals surface area contributed by atoms with E-state index in [0.29, 0.717) is 37.5 Å². The first-order valence-corrected chi connectivity index (χ1v) is 10.0. The van der Waals surface area contributed by atoms with Crippen LogP contribution in [-0.4, -0.2) is 55.1 Å². The molecule has 0 spiro atoms. The van der Waals surface area contributed by atoms with Gasteiger partial charge in [0.2, 0.25) is 5.91 Å². The minimum Gasteiger partial charge on any atom is -0.372 e. The number of carbonyl (C=O) groups is 2. The fourth-order valence-corrected chi connectivity index (χ4v) is 3.88. The van der Waals surface area contributed by atoms with Gasteiger partial charge in [-0.25, -0.2) is 0 Å². The predicted molar refractivity (Wildman–Crippen MR) is 104 cm³/mol. The third-order valence-corrected chi connectivity index (χ3v) is 5.34. The van der Waals surface area contributed by atoms with Crippen LogP contribution in [-0.2, 0) is 16.1 Å². The fraction of sp³-hybridized carbons (Fsp3) is 0.619. The second-order valence-electron chi connectivity index (χ2n) is 7.84. The highest BCUT2D eigenvalue weighted by Gasteiger charge is 2.26. The summed E-state index contributed by atoms with van der Waals surface area (Å²) in [7, 11) is 0. The number of ether oxygens (including phenoxy) is 1. The topological polar surface area (TPSA) is 70.7 Å². The Labute approximate surface area is 161 Å². The van der Waals surface area contributed by atoms with E-state index >= 15 is 0 Å². The van der Waals surface area contributed by atoms with Gasteiger partial charge < -0.3 is 20.3 Å². The van der Waals surface area contributed by atoms with Crippen molar-refractivity contribution in [3.63, 3.8) is 0 Å². The van der Waals surface area contributed by atoms with Gasteiger partial charge in [0.25, 0.3) is 5.91 Å². The molecule has 148 valence electrons. The molecule has 3 atom stereocenters. The number of hydrogen-bond acceptors (Lipinski definition) is 4. The van der Waals surface area contributed by atoms with Crippen LogP contribution in [0.1, 0.15) is 49.0 Å². The molecule has 2 N–H and O–H groups in total. The van der Waals surface area contributed by atoms with Gasteiger partial charge >= 0.3 is 0 Å². The fourth-order valence-electron chi connectivity index (χ4n) is 3.88. The predicted octanol–water partition coefficient (Wildman–Crippen LogP) is 1.94. The maximum Gasteiger partial charge on any atom is 0.254 e. The molecule has 1 aromatic rings. The van der Waals surface area contributed by atoms with E-state index in [0.717, 1.165) is 25.1 Å². The summed E-state index contributed by atoms with van der Waals surface area (Å²) in [6.45, 7) is 7.83. The number of benzene rings is 1. The highest BCUT2D eigenvalue weighted by atomic mass is 16.5. The zero-order valence-corrected chi connectivity index (χ0v) is 16.4. The van der Waals surface area contributed by atoms with Crippen molar-refractivity contribution < 1.29 is 14.3 Å². The zero-order chi connectivity index (χ0) is 19.2. The summed E-state index contributed by atoms with van der Waals surface area (Å²) in [5.74, 6) is 0.766. The summed E-state index contributed by atoms with van der Waals surface area (Å²) in [6.07, 6.45) is 2.82. The average molecular weight is 373 g/mol. The highest BCUT2D eigenvalue weighted by molar-refractivity contribution is 5.94. The lowest BCUT2D eigenvalue weighted by molar-refractivity contribution is -0.121. The Bertz CT molecular complexity index is 631. The Morgan fingerprint density at radius 3 is 2.52 bits per heavy atom. The number of morpholine rings is 1. The molecule has 0 aromatic heterocycles. The van der Waals surface area contributed by atoms with Crippen molar-refractivity contribution in [1.29, 1.82) is 0 Å². The molecule has 2 fully saturated rings. The number of nitrogens with one attached hydrogen (secondary N) is 2. The lowest BCUT2D eigenvalue weighted by Gasteiger charge is -2.35. The number of amides is 2. The van der Waals surface area contributed by atoms with Crippen molar-refractivity contribution in [3.8, 4) is 0 Å². The summed E-state index contributed by atoms with van der Waals surface area (Å²) >= 11 is 0. The molecule has 0 aliphatic carbocycles. The van der Waals surface area contributed by atoms with Gasteiger partial charge in [0, 0.05) is 31.6 Å². The van der Waals surface area contributed by atoms with Crippen LogP contribution in [0.2, 0.25) is 0 Å². The van der Waals surface area contributed by atoms with Crippen molar-refractivity contribution in [2.75, 3.05) is 26.2 Å². The van der Waals surface area contributed by atoms with Crippen LogP contribution in [0.15, 0.2) is 24.3 Å². The second-order valence-corrected chi connectivity index (χ2v) is 7.84. The van der Waals surface area contributed by atoms with Crippen molar-refractivity contribution >= 4 is 11.8 Å². The molecular weight excluding hydrogens is 342 g/mol. The summed E-state index contributed by atoms with van der Waals surface area (Å²) in [6, 6.07) is 7.53. The maximum atomic E-state index is 12.7. The van der Waals surface area contributed by atoms with Gasteiger partial charge in [-0.3, -0.25) is 9.59 Å².